The maximum Gasteiger partial charge on any atom is 0.273 e. The Balaban J connectivity index is 2.05. The average Bonchev–Trinajstić information content (AvgIpc) is 2.92. The van der Waals surface area contributed by atoms with E-state index in [2.05, 4.69) is 4.99 Å². The minimum absolute atomic E-state index is 0.150. The summed E-state index contributed by atoms with van der Waals surface area (Å²) >= 11 is 1.03. The Bertz CT molecular complexity index is 971. The topological polar surface area (TPSA) is 76.8 Å². The van der Waals surface area contributed by atoms with E-state index in [4.69, 9.17) is 0 Å². The van der Waals surface area contributed by atoms with E-state index >= 15 is 0 Å². The number of para-hydroxylation sites is 1. The highest BCUT2D eigenvalue weighted by molar-refractivity contribution is 7.94. The number of benzene rings is 1. The van der Waals surface area contributed by atoms with Gasteiger partial charge in [-0.15, -0.1) is 11.3 Å². The number of thiophene rings is 1. The summed E-state index contributed by atoms with van der Waals surface area (Å²) in [7, 11) is -0.107. The van der Waals surface area contributed by atoms with Gasteiger partial charge in [0.1, 0.15) is 15.3 Å². The minimum atomic E-state index is -3.74. The van der Waals surface area contributed by atoms with Crippen molar-refractivity contribution in [3.63, 3.8) is 0 Å². The SMILES string of the molecule is CN(C)/C=N\c1sc(S(=O)(=O)N2CCCCc3ccccc32)cc1C#N. The predicted octanol–water partition coefficient (Wildman–Crippen LogP) is 3.37. The maximum atomic E-state index is 13.3. The van der Waals surface area contributed by atoms with Crippen LogP contribution in [-0.2, 0) is 16.4 Å². The van der Waals surface area contributed by atoms with Gasteiger partial charge in [0.05, 0.1) is 17.6 Å². The summed E-state index contributed by atoms with van der Waals surface area (Å²) in [4.78, 5) is 5.97. The van der Waals surface area contributed by atoms with Crippen molar-refractivity contribution in [2.24, 2.45) is 4.99 Å². The largest absolute Gasteiger partial charge is 0.369 e. The highest BCUT2D eigenvalue weighted by atomic mass is 32.2. The first kappa shape index (κ1) is 18.4. The Kier molecular flexibility index (Phi) is 5.30. The van der Waals surface area contributed by atoms with Crippen LogP contribution in [0.3, 0.4) is 0 Å². The maximum absolute atomic E-state index is 13.3. The van der Waals surface area contributed by atoms with E-state index in [1.165, 1.54) is 10.4 Å². The molecule has 2 heterocycles. The van der Waals surface area contributed by atoms with E-state index < -0.39 is 10.0 Å². The van der Waals surface area contributed by atoms with Crippen LogP contribution in [0.25, 0.3) is 0 Å². The van der Waals surface area contributed by atoms with Crippen LogP contribution in [0.15, 0.2) is 39.5 Å². The summed E-state index contributed by atoms with van der Waals surface area (Å²) in [6.45, 7) is 0.440. The monoisotopic (exact) mass is 388 g/mol. The van der Waals surface area contributed by atoms with Gasteiger partial charge in [-0.25, -0.2) is 13.4 Å². The van der Waals surface area contributed by atoms with Crippen molar-refractivity contribution in [3.8, 4) is 6.07 Å². The molecule has 1 aromatic carbocycles. The lowest BCUT2D eigenvalue weighted by molar-refractivity contribution is 0.591. The van der Waals surface area contributed by atoms with Gasteiger partial charge in [0, 0.05) is 20.6 Å². The van der Waals surface area contributed by atoms with Crippen LogP contribution in [0.5, 0.6) is 0 Å². The molecule has 136 valence electrons. The Hall–Kier alpha value is -2.37. The molecule has 0 radical (unpaired) electrons. The second-order valence-corrected chi connectivity index (χ2v) is 9.39. The number of aliphatic imine (C=N–C) groups is 1. The zero-order valence-electron chi connectivity index (χ0n) is 14.7. The summed E-state index contributed by atoms with van der Waals surface area (Å²) in [5.41, 5.74) is 2.04. The molecule has 1 aliphatic rings. The second-order valence-electron chi connectivity index (χ2n) is 6.27. The van der Waals surface area contributed by atoms with Crippen molar-refractivity contribution in [1.82, 2.24) is 4.90 Å². The standard InChI is InChI=1S/C18H20N4O2S2/c1-21(2)13-20-18-15(12-19)11-17(25-18)26(23,24)22-10-6-5-8-14-7-3-4-9-16(14)22/h3-4,7,9,11,13H,5-6,8,10H2,1-2H3/b20-13-. The molecule has 0 spiro atoms. The Morgan fingerprint density at radius 2 is 2.08 bits per heavy atom. The molecule has 6 nitrogen and oxygen atoms in total. The molecule has 0 amide bonds. The normalized spacial score (nSPS) is 14.7. The number of hydrogen-bond acceptors (Lipinski definition) is 5. The molecule has 0 N–H and O–H groups in total. The summed E-state index contributed by atoms with van der Waals surface area (Å²) in [5.74, 6) is 0. The number of aryl methyl sites for hydroxylation is 1. The van der Waals surface area contributed by atoms with Crippen molar-refractivity contribution in [1.29, 1.82) is 5.26 Å². The summed E-state index contributed by atoms with van der Waals surface area (Å²) < 4.78 is 28.2. The van der Waals surface area contributed by atoms with Crippen molar-refractivity contribution in [3.05, 3.63) is 41.5 Å². The molecule has 0 aliphatic carbocycles. The lowest BCUT2D eigenvalue weighted by Gasteiger charge is -2.23. The average molecular weight is 389 g/mol. The predicted molar refractivity (Wildman–Crippen MR) is 105 cm³/mol. The molecule has 0 bridgehead atoms. The van der Waals surface area contributed by atoms with Gasteiger partial charge in [0.2, 0.25) is 0 Å². The van der Waals surface area contributed by atoms with Gasteiger partial charge in [-0.1, -0.05) is 18.2 Å². The zero-order valence-corrected chi connectivity index (χ0v) is 16.3. The highest BCUT2D eigenvalue weighted by Crippen LogP contribution is 2.37. The fourth-order valence-electron chi connectivity index (χ4n) is 2.85. The van der Waals surface area contributed by atoms with E-state index in [1.54, 1.807) is 11.2 Å². The smallest absolute Gasteiger partial charge is 0.273 e. The number of fused-ring (bicyclic) bond motifs is 1. The molecule has 3 rings (SSSR count). The lowest BCUT2D eigenvalue weighted by atomic mass is 10.1. The molecule has 0 atom stereocenters. The summed E-state index contributed by atoms with van der Waals surface area (Å²) in [6, 6.07) is 11.1. The van der Waals surface area contributed by atoms with Crippen LogP contribution in [0.2, 0.25) is 0 Å². The number of nitrogens with zero attached hydrogens (tertiary/aromatic N) is 4. The summed E-state index contributed by atoms with van der Waals surface area (Å²) in [5, 5.41) is 9.74. The van der Waals surface area contributed by atoms with Gasteiger partial charge < -0.3 is 4.90 Å². The van der Waals surface area contributed by atoms with E-state index in [9.17, 15) is 13.7 Å². The molecule has 0 saturated carbocycles. The molecule has 1 aromatic heterocycles. The highest BCUT2D eigenvalue weighted by Gasteiger charge is 2.30. The third-order valence-electron chi connectivity index (χ3n) is 4.08. The quantitative estimate of drug-likeness (QED) is 0.594. The third kappa shape index (κ3) is 3.59. The molecular formula is C18H20N4O2S2. The number of nitriles is 1. The molecule has 2 aromatic rings. The van der Waals surface area contributed by atoms with Gasteiger partial charge in [0.15, 0.2) is 0 Å². The van der Waals surface area contributed by atoms with Crippen LogP contribution >= 0.6 is 11.3 Å². The van der Waals surface area contributed by atoms with Crippen LogP contribution in [0.1, 0.15) is 24.0 Å². The first-order valence-corrected chi connectivity index (χ1v) is 10.5. The van der Waals surface area contributed by atoms with Crippen molar-refractivity contribution in [2.45, 2.75) is 23.5 Å². The number of sulfonamides is 1. The van der Waals surface area contributed by atoms with Crippen LogP contribution in [-0.4, -0.2) is 40.3 Å². The van der Waals surface area contributed by atoms with E-state index in [1.807, 2.05) is 44.4 Å². The van der Waals surface area contributed by atoms with Crippen LogP contribution < -0.4 is 4.31 Å². The van der Waals surface area contributed by atoms with Gasteiger partial charge in [-0.05, 0) is 37.0 Å². The fourth-order valence-corrected chi connectivity index (χ4v) is 5.75. The van der Waals surface area contributed by atoms with Crippen molar-refractivity contribution in [2.75, 3.05) is 24.9 Å². The van der Waals surface area contributed by atoms with E-state index in [0.29, 0.717) is 11.5 Å². The van der Waals surface area contributed by atoms with Crippen LogP contribution in [0.4, 0.5) is 10.7 Å². The lowest BCUT2D eigenvalue weighted by Crippen LogP contribution is -2.31. The molecule has 8 heteroatoms. The fraction of sp³-hybridized carbons (Fsp3) is 0.333. The summed E-state index contributed by atoms with van der Waals surface area (Å²) in [6.07, 6.45) is 4.18. The molecule has 0 unspecified atom stereocenters. The van der Waals surface area contributed by atoms with Gasteiger partial charge in [-0.3, -0.25) is 4.31 Å². The second kappa shape index (κ2) is 7.48. The molecule has 0 saturated heterocycles. The van der Waals surface area contributed by atoms with Gasteiger partial charge in [0.25, 0.3) is 10.0 Å². The van der Waals surface area contributed by atoms with E-state index in [0.717, 1.165) is 41.9 Å². The van der Waals surface area contributed by atoms with Crippen molar-refractivity contribution >= 4 is 38.4 Å². The third-order valence-corrected chi connectivity index (χ3v) is 7.38. The first-order chi connectivity index (χ1) is 12.4. The molecule has 0 fully saturated rings. The molecule has 1 aliphatic heterocycles. The molecular weight excluding hydrogens is 368 g/mol. The Labute approximate surface area is 158 Å². The zero-order chi connectivity index (χ0) is 18.7. The minimum Gasteiger partial charge on any atom is -0.369 e. The van der Waals surface area contributed by atoms with E-state index in [-0.39, 0.29) is 9.77 Å². The first-order valence-electron chi connectivity index (χ1n) is 8.28. The number of rotatable bonds is 4. The van der Waals surface area contributed by atoms with Crippen molar-refractivity contribution < 1.29 is 8.42 Å². The number of hydrogen-bond donors (Lipinski definition) is 0. The van der Waals surface area contributed by atoms with Gasteiger partial charge >= 0.3 is 0 Å². The number of anilines is 1. The Morgan fingerprint density at radius 3 is 2.81 bits per heavy atom. The van der Waals surface area contributed by atoms with Gasteiger partial charge in [-0.2, -0.15) is 5.26 Å². The Morgan fingerprint density at radius 1 is 1.31 bits per heavy atom. The molecule has 26 heavy (non-hydrogen) atoms. The van der Waals surface area contributed by atoms with Crippen LogP contribution in [0, 0.1) is 11.3 Å².